The summed E-state index contributed by atoms with van der Waals surface area (Å²) in [6.07, 6.45) is 0. The highest BCUT2D eigenvalue weighted by molar-refractivity contribution is 6.28. The van der Waals surface area contributed by atoms with Crippen molar-refractivity contribution in [2.75, 3.05) is 0 Å². The Bertz CT molecular complexity index is 3820. The fourth-order valence-electron chi connectivity index (χ4n) is 9.42. The van der Waals surface area contributed by atoms with Gasteiger partial charge in [0.2, 0.25) is 5.95 Å². The lowest BCUT2D eigenvalue weighted by molar-refractivity contribution is 0.672. The molecule has 0 radical (unpaired) electrons. The smallest absolute Gasteiger partial charge is 0.238 e. The Labute approximate surface area is 343 Å². The third-order valence-electron chi connectivity index (χ3n) is 12.2. The Morgan fingerprint density at radius 1 is 0.350 bits per heavy atom. The van der Waals surface area contributed by atoms with E-state index in [2.05, 4.69) is 187 Å². The Morgan fingerprint density at radius 2 is 0.917 bits per heavy atom. The molecule has 13 aromatic rings. The highest BCUT2D eigenvalue weighted by atomic mass is 16.3. The molecule has 0 aliphatic heterocycles. The maximum atomic E-state index is 6.66. The quantitative estimate of drug-likeness (QED) is 0.179. The van der Waals surface area contributed by atoms with Crippen LogP contribution in [0.1, 0.15) is 0 Å². The summed E-state index contributed by atoms with van der Waals surface area (Å²) in [6.45, 7) is 0. The van der Waals surface area contributed by atoms with Crippen LogP contribution in [-0.2, 0) is 0 Å². The lowest BCUT2D eigenvalue weighted by Gasteiger charge is -2.12. The number of aromatic nitrogens is 4. The van der Waals surface area contributed by atoms with E-state index in [4.69, 9.17) is 19.4 Å². The van der Waals surface area contributed by atoms with Gasteiger partial charge in [-0.15, -0.1) is 0 Å². The van der Waals surface area contributed by atoms with Crippen LogP contribution in [0.3, 0.4) is 0 Å². The molecule has 0 saturated carbocycles. The molecule has 0 aliphatic rings. The van der Waals surface area contributed by atoms with Crippen LogP contribution >= 0.6 is 0 Å². The van der Waals surface area contributed by atoms with Gasteiger partial charge >= 0.3 is 0 Å². The minimum absolute atomic E-state index is 0.548. The number of fused-ring (bicyclic) bond motifs is 13. The number of hydrogen-bond donors (Lipinski definition) is 0. The first-order chi connectivity index (χ1) is 29.7. The van der Waals surface area contributed by atoms with E-state index < -0.39 is 0 Å². The maximum absolute atomic E-state index is 6.66. The zero-order valence-corrected chi connectivity index (χ0v) is 32.2. The molecule has 0 atom stereocenters. The normalized spacial score (nSPS) is 12.0. The summed E-state index contributed by atoms with van der Waals surface area (Å²) in [5.74, 6) is 1.71. The van der Waals surface area contributed by atoms with Gasteiger partial charge in [-0.1, -0.05) is 158 Å². The molecular formula is C55H32N4O. The predicted octanol–water partition coefficient (Wildman–Crippen LogP) is 14.5. The van der Waals surface area contributed by atoms with Crippen molar-refractivity contribution < 1.29 is 4.42 Å². The second-order valence-corrected chi connectivity index (χ2v) is 15.6. The third-order valence-corrected chi connectivity index (χ3v) is 12.2. The molecule has 3 aromatic heterocycles. The van der Waals surface area contributed by atoms with E-state index in [0.29, 0.717) is 17.6 Å². The van der Waals surface area contributed by atoms with Gasteiger partial charge in [0.15, 0.2) is 11.6 Å². The molecule has 5 heteroatoms. The first kappa shape index (κ1) is 32.9. The predicted molar refractivity (Wildman–Crippen MR) is 248 cm³/mol. The van der Waals surface area contributed by atoms with E-state index in [1.165, 1.54) is 43.1 Å². The van der Waals surface area contributed by atoms with Crippen LogP contribution in [0.15, 0.2) is 199 Å². The van der Waals surface area contributed by atoms with Crippen LogP contribution in [0.4, 0.5) is 0 Å². The SMILES string of the molecule is c1cc(-c2ccc3ccccc3c2)cc(-c2nc(-c3cccc4oc5c6ccccc6ccc5c34)nc(-n3c4ccc5ccccc5c4c4c5ccccc5ccc43)n2)c1. The van der Waals surface area contributed by atoms with Crippen LogP contribution in [0.5, 0.6) is 0 Å². The number of furan rings is 1. The van der Waals surface area contributed by atoms with Gasteiger partial charge in [-0.3, -0.25) is 4.57 Å². The minimum atomic E-state index is 0.548. The topological polar surface area (TPSA) is 56.7 Å². The largest absolute Gasteiger partial charge is 0.455 e. The zero-order valence-electron chi connectivity index (χ0n) is 32.2. The van der Waals surface area contributed by atoms with Crippen molar-refractivity contribution in [1.82, 2.24) is 19.5 Å². The van der Waals surface area contributed by atoms with Crippen molar-refractivity contribution in [3.63, 3.8) is 0 Å². The highest BCUT2D eigenvalue weighted by Crippen LogP contribution is 2.42. The first-order valence-corrected chi connectivity index (χ1v) is 20.3. The minimum Gasteiger partial charge on any atom is -0.455 e. The molecule has 0 fully saturated rings. The molecular weight excluding hydrogens is 733 g/mol. The van der Waals surface area contributed by atoms with Crippen LogP contribution in [-0.4, -0.2) is 19.5 Å². The Hall–Kier alpha value is -8.15. The second kappa shape index (κ2) is 12.7. The highest BCUT2D eigenvalue weighted by Gasteiger charge is 2.23. The summed E-state index contributed by atoms with van der Waals surface area (Å²) in [7, 11) is 0. The summed E-state index contributed by atoms with van der Waals surface area (Å²) in [6, 6.07) is 68.6. The maximum Gasteiger partial charge on any atom is 0.238 e. The molecule has 5 nitrogen and oxygen atoms in total. The Balaban J connectivity index is 1.12. The third kappa shape index (κ3) is 4.90. The molecule has 0 amide bonds. The number of nitrogens with zero attached hydrogens (tertiary/aromatic N) is 4. The molecule has 278 valence electrons. The van der Waals surface area contributed by atoms with E-state index in [1.54, 1.807) is 0 Å². The lowest BCUT2D eigenvalue weighted by Crippen LogP contribution is -2.06. The average Bonchev–Trinajstić information content (AvgIpc) is 3.88. The summed E-state index contributed by atoms with van der Waals surface area (Å²) in [5.41, 5.74) is 7.72. The molecule has 0 spiro atoms. The second-order valence-electron chi connectivity index (χ2n) is 15.6. The van der Waals surface area contributed by atoms with E-state index in [9.17, 15) is 0 Å². The Kier molecular flexibility index (Phi) is 6.95. The van der Waals surface area contributed by atoms with Crippen molar-refractivity contribution in [3.05, 3.63) is 194 Å². The fraction of sp³-hybridized carbons (Fsp3) is 0. The molecule has 60 heavy (non-hydrogen) atoms. The zero-order chi connectivity index (χ0) is 39.3. The number of rotatable bonds is 4. The van der Waals surface area contributed by atoms with Crippen molar-refractivity contribution >= 4 is 86.8 Å². The molecule has 13 rings (SSSR count). The summed E-state index contributed by atoms with van der Waals surface area (Å²) < 4.78 is 8.89. The van der Waals surface area contributed by atoms with Crippen molar-refractivity contribution in [2.45, 2.75) is 0 Å². The van der Waals surface area contributed by atoms with Gasteiger partial charge in [0.25, 0.3) is 0 Å². The van der Waals surface area contributed by atoms with Crippen molar-refractivity contribution in [1.29, 1.82) is 0 Å². The molecule has 0 aliphatic carbocycles. The van der Waals surface area contributed by atoms with Crippen LogP contribution in [0.2, 0.25) is 0 Å². The van der Waals surface area contributed by atoms with E-state index in [1.807, 2.05) is 12.1 Å². The lowest BCUT2D eigenvalue weighted by atomic mass is 9.99. The molecule has 0 N–H and O–H groups in total. The number of benzene rings is 10. The van der Waals surface area contributed by atoms with Crippen LogP contribution in [0.25, 0.3) is 127 Å². The van der Waals surface area contributed by atoms with Gasteiger partial charge in [0, 0.05) is 38.1 Å². The molecule has 3 heterocycles. The van der Waals surface area contributed by atoms with Gasteiger partial charge in [0.1, 0.15) is 11.2 Å². The fourth-order valence-corrected chi connectivity index (χ4v) is 9.42. The monoisotopic (exact) mass is 764 g/mol. The molecule has 0 saturated heterocycles. The van der Waals surface area contributed by atoms with Crippen molar-refractivity contribution in [2.24, 2.45) is 0 Å². The van der Waals surface area contributed by atoms with Crippen LogP contribution in [0, 0.1) is 0 Å². The van der Waals surface area contributed by atoms with Gasteiger partial charge in [-0.25, -0.2) is 4.98 Å². The standard InChI is InChI=1S/C55H32N4O/c1-2-15-37-31-39(24-23-33(37)11-1)38-16-9-17-40(32-38)53-56-54(45-21-10-22-48-49(45)44-28-25-36-14-5-8-20-43(36)52(44)60-48)58-55(57-53)59-46-29-26-34-12-3-6-18-41(34)50(46)51-42-19-7-4-13-35(42)27-30-47(51)59/h1-32H. The van der Waals surface area contributed by atoms with Crippen molar-refractivity contribution in [3.8, 4) is 39.9 Å². The van der Waals surface area contributed by atoms with E-state index in [0.717, 1.165) is 66.0 Å². The average molecular weight is 765 g/mol. The van der Waals surface area contributed by atoms with Gasteiger partial charge in [-0.05, 0) is 85.2 Å². The summed E-state index contributed by atoms with van der Waals surface area (Å²) >= 11 is 0. The number of hydrogen-bond acceptors (Lipinski definition) is 4. The molecule has 0 bridgehead atoms. The summed E-state index contributed by atoms with van der Waals surface area (Å²) in [4.78, 5) is 16.2. The Morgan fingerprint density at radius 3 is 1.67 bits per heavy atom. The first-order valence-electron chi connectivity index (χ1n) is 20.3. The molecule has 10 aromatic carbocycles. The summed E-state index contributed by atoms with van der Waals surface area (Å²) in [5, 5.41) is 13.7. The van der Waals surface area contributed by atoms with E-state index in [-0.39, 0.29) is 0 Å². The van der Waals surface area contributed by atoms with Gasteiger partial charge in [0.05, 0.1) is 11.0 Å². The van der Waals surface area contributed by atoms with Crippen LogP contribution < -0.4 is 0 Å². The van der Waals surface area contributed by atoms with Gasteiger partial charge in [-0.2, -0.15) is 9.97 Å². The van der Waals surface area contributed by atoms with E-state index >= 15 is 0 Å². The van der Waals surface area contributed by atoms with Gasteiger partial charge < -0.3 is 4.42 Å². The molecule has 0 unspecified atom stereocenters.